The fourth-order valence-electron chi connectivity index (χ4n) is 2.96. The van der Waals surface area contributed by atoms with Crippen LogP contribution in [0.15, 0.2) is 59.6 Å². The smallest absolute Gasteiger partial charge is 0.258 e. The van der Waals surface area contributed by atoms with Crippen LogP contribution in [0, 0.1) is 20.8 Å². The highest BCUT2D eigenvalue weighted by atomic mass is 35.5. The molecule has 2 amide bonds. The number of thioether (sulfide) groups is 1. The Kier molecular flexibility index (Phi) is 7.13. The van der Waals surface area contributed by atoms with E-state index in [9.17, 15) is 9.59 Å². The van der Waals surface area contributed by atoms with Crippen molar-refractivity contribution >= 4 is 46.6 Å². The molecule has 1 heterocycles. The number of amides is 2. The Morgan fingerprint density at radius 1 is 0.967 bits per heavy atom. The van der Waals surface area contributed by atoms with Crippen LogP contribution in [0.2, 0.25) is 5.02 Å². The summed E-state index contributed by atoms with van der Waals surface area (Å²) in [4.78, 5) is 29.8. The molecule has 30 heavy (non-hydrogen) atoms. The SMILES string of the molecule is Cc1cccc(NC(=O)c2c(C)cc(C)nc2SCC(=O)Nc2ccc(Cl)cc2)c1. The van der Waals surface area contributed by atoms with Gasteiger partial charge < -0.3 is 10.6 Å². The van der Waals surface area contributed by atoms with E-state index in [1.54, 1.807) is 24.3 Å². The number of carbonyl (C=O) groups excluding carboxylic acids is 2. The van der Waals surface area contributed by atoms with Crippen molar-refractivity contribution in [3.8, 4) is 0 Å². The molecule has 0 fully saturated rings. The second kappa shape index (κ2) is 9.78. The van der Waals surface area contributed by atoms with Crippen molar-refractivity contribution in [1.29, 1.82) is 0 Å². The summed E-state index contributed by atoms with van der Waals surface area (Å²) in [6, 6.07) is 16.4. The van der Waals surface area contributed by atoms with Crippen LogP contribution in [-0.2, 0) is 4.79 Å². The van der Waals surface area contributed by atoms with Crippen LogP contribution in [-0.4, -0.2) is 22.6 Å². The average molecular weight is 440 g/mol. The van der Waals surface area contributed by atoms with E-state index in [-0.39, 0.29) is 17.6 Å². The Balaban J connectivity index is 1.74. The molecule has 2 N–H and O–H groups in total. The topological polar surface area (TPSA) is 71.1 Å². The lowest BCUT2D eigenvalue weighted by Gasteiger charge is -2.13. The van der Waals surface area contributed by atoms with Crippen LogP contribution in [0.4, 0.5) is 11.4 Å². The number of hydrogen-bond acceptors (Lipinski definition) is 4. The predicted molar refractivity (Wildman–Crippen MR) is 124 cm³/mol. The molecule has 3 aromatic rings. The number of aryl methyl sites for hydroxylation is 3. The van der Waals surface area contributed by atoms with E-state index < -0.39 is 0 Å². The third kappa shape index (κ3) is 5.84. The Bertz CT molecular complexity index is 1080. The van der Waals surface area contributed by atoms with Gasteiger partial charge in [-0.05, 0) is 74.4 Å². The molecule has 0 unspecified atom stereocenters. The fourth-order valence-corrected chi connectivity index (χ4v) is 4.04. The number of rotatable bonds is 6. The normalized spacial score (nSPS) is 10.5. The van der Waals surface area contributed by atoms with Gasteiger partial charge in [-0.15, -0.1) is 0 Å². The van der Waals surface area contributed by atoms with Gasteiger partial charge in [0.25, 0.3) is 5.91 Å². The summed E-state index contributed by atoms with van der Waals surface area (Å²) >= 11 is 7.11. The van der Waals surface area contributed by atoms with Crippen molar-refractivity contribution in [1.82, 2.24) is 4.98 Å². The molecular formula is C23H22ClN3O2S. The summed E-state index contributed by atoms with van der Waals surface area (Å²) in [5.74, 6) is -0.303. The first kappa shape index (κ1) is 21.9. The van der Waals surface area contributed by atoms with Crippen molar-refractivity contribution in [2.75, 3.05) is 16.4 Å². The van der Waals surface area contributed by atoms with Gasteiger partial charge in [0.05, 0.1) is 11.3 Å². The molecule has 0 saturated heterocycles. The number of benzene rings is 2. The highest BCUT2D eigenvalue weighted by molar-refractivity contribution is 8.00. The summed E-state index contributed by atoms with van der Waals surface area (Å²) < 4.78 is 0. The van der Waals surface area contributed by atoms with E-state index in [2.05, 4.69) is 15.6 Å². The molecular weight excluding hydrogens is 418 g/mol. The van der Waals surface area contributed by atoms with Crippen LogP contribution in [0.3, 0.4) is 0 Å². The average Bonchev–Trinajstić information content (AvgIpc) is 2.67. The van der Waals surface area contributed by atoms with E-state index >= 15 is 0 Å². The molecule has 3 rings (SSSR count). The van der Waals surface area contributed by atoms with Gasteiger partial charge in [-0.2, -0.15) is 0 Å². The van der Waals surface area contributed by atoms with Gasteiger partial charge in [-0.25, -0.2) is 4.98 Å². The molecule has 0 aliphatic heterocycles. The maximum absolute atomic E-state index is 13.0. The molecule has 1 aromatic heterocycles. The van der Waals surface area contributed by atoms with Crippen LogP contribution in [0.25, 0.3) is 0 Å². The number of hydrogen-bond donors (Lipinski definition) is 2. The minimum atomic E-state index is -0.244. The minimum absolute atomic E-state index is 0.128. The maximum atomic E-state index is 13.0. The largest absolute Gasteiger partial charge is 0.325 e. The third-order valence-electron chi connectivity index (χ3n) is 4.28. The Hall–Kier alpha value is -2.83. The van der Waals surface area contributed by atoms with E-state index in [0.29, 0.717) is 21.3 Å². The lowest BCUT2D eigenvalue weighted by Crippen LogP contribution is -2.18. The maximum Gasteiger partial charge on any atom is 0.258 e. The zero-order valence-electron chi connectivity index (χ0n) is 17.0. The molecule has 0 aliphatic rings. The molecule has 0 atom stereocenters. The first-order valence-electron chi connectivity index (χ1n) is 9.36. The van der Waals surface area contributed by atoms with Crippen LogP contribution in [0.1, 0.15) is 27.2 Å². The molecule has 0 radical (unpaired) electrons. The summed E-state index contributed by atoms with van der Waals surface area (Å²) in [7, 11) is 0. The number of nitrogens with zero attached hydrogens (tertiary/aromatic N) is 1. The second-order valence-electron chi connectivity index (χ2n) is 6.93. The van der Waals surface area contributed by atoms with E-state index in [0.717, 1.165) is 22.5 Å². The monoisotopic (exact) mass is 439 g/mol. The third-order valence-corrected chi connectivity index (χ3v) is 5.51. The number of carbonyl (C=O) groups is 2. The first-order valence-corrected chi connectivity index (χ1v) is 10.7. The lowest BCUT2D eigenvalue weighted by atomic mass is 10.1. The van der Waals surface area contributed by atoms with E-state index in [4.69, 9.17) is 11.6 Å². The first-order chi connectivity index (χ1) is 14.3. The van der Waals surface area contributed by atoms with Crippen molar-refractivity contribution in [3.05, 3.63) is 82.0 Å². The molecule has 5 nitrogen and oxygen atoms in total. The minimum Gasteiger partial charge on any atom is -0.325 e. The van der Waals surface area contributed by atoms with Gasteiger partial charge in [0, 0.05) is 22.1 Å². The van der Waals surface area contributed by atoms with Gasteiger partial charge in [0.15, 0.2) is 0 Å². The Labute approximate surface area is 185 Å². The Morgan fingerprint density at radius 2 is 1.70 bits per heavy atom. The number of nitrogens with one attached hydrogen (secondary N) is 2. The van der Waals surface area contributed by atoms with Crippen LogP contribution >= 0.6 is 23.4 Å². The highest BCUT2D eigenvalue weighted by Gasteiger charge is 2.18. The molecule has 0 saturated carbocycles. The Morgan fingerprint density at radius 3 is 2.40 bits per heavy atom. The van der Waals surface area contributed by atoms with Crippen molar-refractivity contribution in [3.63, 3.8) is 0 Å². The zero-order chi connectivity index (χ0) is 21.7. The molecule has 0 bridgehead atoms. The van der Waals surface area contributed by atoms with E-state index in [1.807, 2.05) is 51.1 Å². The number of halogens is 1. The number of pyridine rings is 1. The number of anilines is 2. The molecule has 7 heteroatoms. The van der Waals surface area contributed by atoms with Crippen LogP contribution in [0.5, 0.6) is 0 Å². The fraction of sp³-hybridized carbons (Fsp3) is 0.174. The van der Waals surface area contributed by atoms with Crippen LogP contribution < -0.4 is 10.6 Å². The molecule has 0 spiro atoms. The van der Waals surface area contributed by atoms with Crippen molar-refractivity contribution in [2.45, 2.75) is 25.8 Å². The van der Waals surface area contributed by atoms with Gasteiger partial charge in [-0.3, -0.25) is 9.59 Å². The molecule has 2 aromatic carbocycles. The molecule has 0 aliphatic carbocycles. The standard InChI is InChI=1S/C23H22ClN3O2S/c1-14-5-4-6-19(11-14)27-22(29)21-15(2)12-16(3)25-23(21)30-13-20(28)26-18-9-7-17(24)8-10-18/h4-12H,13H2,1-3H3,(H,26,28)(H,27,29). The lowest BCUT2D eigenvalue weighted by molar-refractivity contribution is -0.113. The highest BCUT2D eigenvalue weighted by Crippen LogP contribution is 2.26. The molecule has 154 valence electrons. The van der Waals surface area contributed by atoms with Gasteiger partial charge in [0.1, 0.15) is 5.03 Å². The second-order valence-corrected chi connectivity index (χ2v) is 8.33. The number of aromatic nitrogens is 1. The zero-order valence-corrected chi connectivity index (χ0v) is 18.5. The van der Waals surface area contributed by atoms with Gasteiger partial charge >= 0.3 is 0 Å². The quantitative estimate of drug-likeness (QED) is 0.487. The van der Waals surface area contributed by atoms with Gasteiger partial charge in [0.2, 0.25) is 5.91 Å². The van der Waals surface area contributed by atoms with E-state index in [1.165, 1.54) is 11.8 Å². The summed E-state index contributed by atoms with van der Waals surface area (Å²) in [5, 5.41) is 6.88. The van der Waals surface area contributed by atoms with Crippen molar-refractivity contribution in [2.24, 2.45) is 0 Å². The predicted octanol–water partition coefficient (Wildman–Crippen LogP) is 5.64. The summed E-state index contributed by atoms with van der Waals surface area (Å²) in [6.07, 6.45) is 0. The van der Waals surface area contributed by atoms with Gasteiger partial charge in [-0.1, -0.05) is 35.5 Å². The van der Waals surface area contributed by atoms with Crippen molar-refractivity contribution < 1.29 is 9.59 Å². The summed E-state index contributed by atoms with van der Waals surface area (Å²) in [5.41, 5.74) is 4.52. The summed E-state index contributed by atoms with van der Waals surface area (Å²) in [6.45, 7) is 5.71.